The smallest absolute Gasteiger partial charge is 0.0188 e. The van der Waals surface area contributed by atoms with E-state index >= 15 is 0 Å². The van der Waals surface area contributed by atoms with Crippen LogP contribution in [0.15, 0.2) is 60.7 Å². The molecule has 0 fully saturated rings. The number of hydrogen-bond donors (Lipinski definition) is 0. The molecule has 0 aliphatic carbocycles. The van der Waals surface area contributed by atoms with E-state index in [-0.39, 0.29) is 0 Å². The Hall–Kier alpha value is -1.38. The summed E-state index contributed by atoms with van der Waals surface area (Å²) < 4.78 is 0. The van der Waals surface area contributed by atoms with Gasteiger partial charge in [0, 0.05) is 23.0 Å². The fourth-order valence-corrected chi connectivity index (χ4v) is 4.77. The molecule has 0 radical (unpaired) electrons. The first kappa shape index (κ1) is 14.2. The molecule has 0 nitrogen and oxygen atoms in total. The highest BCUT2D eigenvalue weighted by atomic mass is 32.2. The number of thioether (sulfide) groups is 2. The number of rotatable bonds is 0. The Morgan fingerprint density at radius 2 is 0.955 bits per heavy atom. The van der Waals surface area contributed by atoms with Crippen LogP contribution < -0.4 is 0 Å². The molecule has 6 bridgehead atoms. The van der Waals surface area contributed by atoms with E-state index in [1.807, 2.05) is 23.5 Å². The van der Waals surface area contributed by atoms with Crippen molar-refractivity contribution in [1.82, 2.24) is 0 Å². The summed E-state index contributed by atoms with van der Waals surface area (Å²) in [6.07, 6.45) is 0. The lowest BCUT2D eigenvalue weighted by atomic mass is 10.1. The molecule has 3 aromatic rings. The first-order valence-corrected chi connectivity index (χ1v) is 9.93. The van der Waals surface area contributed by atoms with Crippen molar-refractivity contribution in [1.29, 1.82) is 0 Å². The largest absolute Gasteiger partial charge is 0.152 e. The summed E-state index contributed by atoms with van der Waals surface area (Å²) in [5, 5.41) is 2.73. The second-order valence-electron chi connectivity index (χ2n) is 5.82. The molecule has 0 unspecified atom stereocenters. The summed E-state index contributed by atoms with van der Waals surface area (Å²) >= 11 is 4.00. The van der Waals surface area contributed by atoms with Gasteiger partial charge in [-0.1, -0.05) is 60.7 Å². The zero-order valence-electron chi connectivity index (χ0n) is 12.4. The Balaban J connectivity index is 1.70. The Bertz CT molecular complexity index is 743. The van der Waals surface area contributed by atoms with Gasteiger partial charge < -0.3 is 0 Å². The predicted molar refractivity (Wildman–Crippen MR) is 100 cm³/mol. The quantitative estimate of drug-likeness (QED) is 0.496. The van der Waals surface area contributed by atoms with Crippen LogP contribution in [0.4, 0.5) is 0 Å². The summed E-state index contributed by atoms with van der Waals surface area (Å²) in [7, 11) is 0. The van der Waals surface area contributed by atoms with Crippen LogP contribution in [0, 0.1) is 0 Å². The maximum atomic E-state index is 2.37. The van der Waals surface area contributed by atoms with Crippen molar-refractivity contribution in [2.24, 2.45) is 0 Å². The van der Waals surface area contributed by atoms with Crippen LogP contribution in [0.3, 0.4) is 0 Å². The van der Waals surface area contributed by atoms with E-state index in [4.69, 9.17) is 0 Å². The standard InChI is InChI=1S/C20H18S2/c1-2-15-8-16(3-1)12-22-14-18-5-7-19-9-17(13-21-11-15)4-6-20(19)10-18/h1-10H,11-14H2. The van der Waals surface area contributed by atoms with Gasteiger partial charge in [0.05, 0.1) is 0 Å². The molecule has 3 heterocycles. The molecule has 3 aromatic carbocycles. The minimum atomic E-state index is 1.08. The normalized spacial score (nSPS) is 15.1. The lowest BCUT2D eigenvalue weighted by Gasteiger charge is -2.06. The topological polar surface area (TPSA) is 0 Å². The SMILES string of the molecule is c1cc2cc(c1)CSCc1ccc3cc(ccc3c1)CSC2. The zero-order valence-corrected chi connectivity index (χ0v) is 14.1. The van der Waals surface area contributed by atoms with Gasteiger partial charge in [-0.25, -0.2) is 0 Å². The minimum absolute atomic E-state index is 1.08. The lowest BCUT2D eigenvalue weighted by molar-refractivity contribution is 1.31. The molecule has 3 aliphatic rings. The van der Waals surface area contributed by atoms with Crippen LogP contribution in [-0.2, 0) is 23.0 Å². The van der Waals surface area contributed by atoms with Crippen LogP contribution in [-0.4, -0.2) is 0 Å². The summed E-state index contributed by atoms with van der Waals surface area (Å²) in [5.74, 6) is 4.34. The van der Waals surface area contributed by atoms with Crippen LogP contribution >= 0.6 is 23.5 Å². The molecule has 22 heavy (non-hydrogen) atoms. The van der Waals surface area contributed by atoms with Gasteiger partial charge in [-0.3, -0.25) is 0 Å². The second-order valence-corrected chi connectivity index (χ2v) is 7.79. The summed E-state index contributed by atoms with van der Waals surface area (Å²) in [4.78, 5) is 0. The van der Waals surface area contributed by atoms with Crippen molar-refractivity contribution in [3.05, 3.63) is 82.9 Å². The van der Waals surface area contributed by atoms with Crippen LogP contribution in [0.1, 0.15) is 22.3 Å². The van der Waals surface area contributed by atoms with Gasteiger partial charge >= 0.3 is 0 Å². The third-order valence-corrected chi connectivity index (χ3v) is 6.19. The molecule has 3 aliphatic heterocycles. The second kappa shape index (κ2) is 6.39. The first-order valence-electron chi connectivity index (χ1n) is 7.62. The van der Waals surface area contributed by atoms with E-state index in [0.29, 0.717) is 0 Å². The summed E-state index contributed by atoms with van der Waals surface area (Å²) in [6.45, 7) is 0. The highest BCUT2D eigenvalue weighted by Crippen LogP contribution is 2.26. The van der Waals surface area contributed by atoms with Gasteiger partial charge in [-0.2, -0.15) is 23.5 Å². The fourth-order valence-electron chi connectivity index (χ4n) is 2.91. The van der Waals surface area contributed by atoms with E-state index in [0.717, 1.165) is 23.0 Å². The van der Waals surface area contributed by atoms with Crippen LogP contribution in [0.5, 0.6) is 0 Å². The Labute approximate surface area is 140 Å². The molecule has 110 valence electrons. The molecular formula is C20H18S2. The van der Waals surface area contributed by atoms with Gasteiger partial charge in [0.2, 0.25) is 0 Å². The maximum Gasteiger partial charge on any atom is 0.0188 e. The molecule has 0 aromatic heterocycles. The van der Waals surface area contributed by atoms with Crippen LogP contribution in [0.25, 0.3) is 10.8 Å². The minimum Gasteiger partial charge on any atom is -0.152 e. The molecular weight excluding hydrogens is 304 g/mol. The van der Waals surface area contributed by atoms with E-state index in [1.165, 1.54) is 33.0 Å². The third-order valence-electron chi connectivity index (χ3n) is 4.04. The van der Waals surface area contributed by atoms with Crippen LogP contribution in [0.2, 0.25) is 0 Å². The van der Waals surface area contributed by atoms with Gasteiger partial charge in [-0.05, 0) is 33.0 Å². The van der Waals surface area contributed by atoms with Gasteiger partial charge in [-0.15, -0.1) is 0 Å². The molecule has 0 saturated carbocycles. The lowest BCUT2D eigenvalue weighted by Crippen LogP contribution is -1.87. The number of hydrogen-bond acceptors (Lipinski definition) is 2. The van der Waals surface area contributed by atoms with Crippen molar-refractivity contribution in [2.45, 2.75) is 23.0 Å². The molecule has 0 N–H and O–H groups in total. The van der Waals surface area contributed by atoms with E-state index in [9.17, 15) is 0 Å². The van der Waals surface area contributed by atoms with Gasteiger partial charge in [0.15, 0.2) is 0 Å². The van der Waals surface area contributed by atoms with Gasteiger partial charge in [0.25, 0.3) is 0 Å². The maximum absolute atomic E-state index is 2.37. The highest BCUT2D eigenvalue weighted by molar-refractivity contribution is 7.98. The molecule has 0 saturated heterocycles. The monoisotopic (exact) mass is 322 g/mol. The number of fused-ring (bicyclic) bond motifs is 2. The fraction of sp³-hybridized carbons (Fsp3) is 0.200. The first-order chi connectivity index (χ1) is 10.9. The van der Waals surface area contributed by atoms with Crippen molar-refractivity contribution in [3.8, 4) is 0 Å². The average Bonchev–Trinajstić information content (AvgIpc) is 2.55. The molecule has 0 atom stereocenters. The van der Waals surface area contributed by atoms with Crippen molar-refractivity contribution < 1.29 is 0 Å². The van der Waals surface area contributed by atoms with Crippen molar-refractivity contribution in [3.63, 3.8) is 0 Å². The van der Waals surface area contributed by atoms with E-state index in [1.54, 1.807) is 0 Å². The Kier molecular flexibility index (Phi) is 4.13. The van der Waals surface area contributed by atoms with Crippen molar-refractivity contribution in [2.75, 3.05) is 0 Å². The highest BCUT2D eigenvalue weighted by Gasteiger charge is 2.03. The van der Waals surface area contributed by atoms with Crippen molar-refractivity contribution >= 4 is 34.3 Å². The summed E-state index contributed by atoms with van der Waals surface area (Å²) in [6, 6.07) is 22.9. The molecule has 6 rings (SSSR count). The molecule has 2 heteroatoms. The van der Waals surface area contributed by atoms with E-state index < -0.39 is 0 Å². The molecule has 0 spiro atoms. The average molecular weight is 322 g/mol. The Morgan fingerprint density at radius 1 is 0.500 bits per heavy atom. The van der Waals surface area contributed by atoms with E-state index in [2.05, 4.69) is 60.7 Å². The zero-order chi connectivity index (χ0) is 14.8. The molecule has 0 amide bonds. The predicted octanol–water partition coefficient (Wildman–Crippen LogP) is 6.02. The Morgan fingerprint density at radius 3 is 1.45 bits per heavy atom. The van der Waals surface area contributed by atoms with Gasteiger partial charge in [0.1, 0.15) is 0 Å². The summed E-state index contributed by atoms with van der Waals surface area (Å²) in [5.41, 5.74) is 5.73. The third kappa shape index (κ3) is 3.18. The number of benzene rings is 3.